The number of aryl methyl sites for hydroxylation is 1. The molecule has 0 unspecified atom stereocenters. The Bertz CT molecular complexity index is 360. The van der Waals surface area contributed by atoms with Gasteiger partial charge in [0.1, 0.15) is 6.61 Å². The first-order chi connectivity index (χ1) is 6.69. The molecule has 5 heteroatoms. The lowest BCUT2D eigenvalue weighted by Crippen LogP contribution is -2.29. The van der Waals surface area contributed by atoms with E-state index in [-0.39, 0.29) is 5.56 Å². The van der Waals surface area contributed by atoms with Crippen molar-refractivity contribution >= 4 is 0 Å². The van der Waals surface area contributed by atoms with Crippen molar-refractivity contribution in [3.05, 3.63) is 22.0 Å². The fraction of sp³-hybridized carbons (Fsp3) is 0.556. The molecule has 0 radical (unpaired) electrons. The Hall–Kier alpha value is -1.52. The Balaban J connectivity index is 3.06. The minimum Gasteiger partial charge on any atom is -0.477 e. The molecular formula is C9H14N2O3. The second kappa shape index (κ2) is 4.64. The SMILES string of the molecule is CCOc1nn(OCC)c(=O)cc1C. The summed E-state index contributed by atoms with van der Waals surface area (Å²) in [5, 5.41) is 3.91. The predicted molar refractivity (Wildman–Crippen MR) is 51.5 cm³/mol. The molecule has 1 aromatic rings. The van der Waals surface area contributed by atoms with E-state index in [9.17, 15) is 4.79 Å². The Morgan fingerprint density at radius 2 is 2.14 bits per heavy atom. The fourth-order valence-corrected chi connectivity index (χ4v) is 1.01. The lowest BCUT2D eigenvalue weighted by molar-refractivity contribution is 0.0756. The lowest BCUT2D eigenvalue weighted by Gasteiger charge is -2.08. The van der Waals surface area contributed by atoms with E-state index in [0.717, 1.165) is 4.85 Å². The molecule has 0 aliphatic heterocycles. The zero-order valence-corrected chi connectivity index (χ0v) is 8.61. The van der Waals surface area contributed by atoms with Crippen molar-refractivity contribution in [3.63, 3.8) is 0 Å². The molecular weight excluding hydrogens is 184 g/mol. The highest BCUT2D eigenvalue weighted by molar-refractivity contribution is 5.21. The summed E-state index contributed by atoms with van der Waals surface area (Å²) in [7, 11) is 0. The summed E-state index contributed by atoms with van der Waals surface area (Å²) in [6, 6.07) is 1.44. The molecule has 1 rings (SSSR count). The topological polar surface area (TPSA) is 53.4 Å². The van der Waals surface area contributed by atoms with E-state index in [1.54, 1.807) is 13.8 Å². The monoisotopic (exact) mass is 198 g/mol. The second-order valence-corrected chi connectivity index (χ2v) is 2.69. The van der Waals surface area contributed by atoms with Gasteiger partial charge < -0.3 is 9.57 Å². The van der Waals surface area contributed by atoms with Gasteiger partial charge in [0.25, 0.3) is 0 Å². The van der Waals surface area contributed by atoms with Crippen molar-refractivity contribution in [2.45, 2.75) is 20.8 Å². The van der Waals surface area contributed by atoms with Crippen LogP contribution in [0.2, 0.25) is 0 Å². The first-order valence-corrected chi connectivity index (χ1v) is 4.56. The van der Waals surface area contributed by atoms with Crippen LogP contribution in [0.5, 0.6) is 5.88 Å². The van der Waals surface area contributed by atoms with Gasteiger partial charge in [0.2, 0.25) is 5.88 Å². The molecule has 0 N–H and O–H groups in total. The van der Waals surface area contributed by atoms with Crippen LogP contribution in [0.25, 0.3) is 0 Å². The van der Waals surface area contributed by atoms with Gasteiger partial charge in [0.15, 0.2) is 0 Å². The van der Waals surface area contributed by atoms with E-state index in [0.29, 0.717) is 24.7 Å². The van der Waals surface area contributed by atoms with Gasteiger partial charge in [-0.3, -0.25) is 4.79 Å². The Morgan fingerprint density at radius 1 is 1.43 bits per heavy atom. The van der Waals surface area contributed by atoms with Crippen LogP contribution in [0, 0.1) is 6.92 Å². The molecule has 0 fully saturated rings. The smallest absolute Gasteiger partial charge is 0.303 e. The number of hydrogen-bond acceptors (Lipinski definition) is 4. The van der Waals surface area contributed by atoms with Crippen molar-refractivity contribution < 1.29 is 9.57 Å². The highest BCUT2D eigenvalue weighted by Crippen LogP contribution is 2.09. The van der Waals surface area contributed by atoms with Gasteiger partial charge in [-0.1, -0.05) is 9.94 Å². The van der Waals surface area contributed by atoms with Crippen molar-refractivity contribution in [2.75, 3.05) is 13.2 Å². The molecule has 0 bridgehead atoms. The number of aromatic nitrogens is 2. The van der Waals surface area contributed by atoms with Crippen LogP contribution in [0.1, 0.15) is 19.4 Å². The van der Waals surface area contributed by atoms with Gasteiger partial charge in [0.05, 0.1) is 6.61 Å². The maximum Gasteiger partial charge on any atom is 0.303 e. The average molecular weight is 198 g/mol. The van der Waals surface area contributed by atoms with Crippen molar-refractivity contribution in [1.29, 1.82) is 0 Å². The zero-order valence-electron chi connectivity index (χ0n) is 8.61. The molecule has 0 aromatic carbocycles. The van der Waals surface area contributed by atoms with Gasteiger partial charge in [-0.2, -0.15) is 0 Å². The zero-order chi connectivity index (χ0) is 10.6. The Labute approximate surface area is 82.2 Å². The molecule has 0 atom stereocenters. The Kier molecular flexibility index (Phi) is 3.50. The van der Waals surface area contributed by atoms with E-state index in [1.807, 2.05) is 6.92 Å². The largest absolute Gasteiger partial charge is 0.477 e. The molecule has 14 heavy (non-hydrogen) atoms. The third-order valence-electron chi connectivity index (χ3n) is 1.58. The maximum atomic E-state index is 11.3. The molecule has 0 saturated carbocycles. The summed E-state index contributed by atoms with van der Waals surface area (Å²) in [6.07, 6.45) is 0. The minimum atomic E-state index is -0.284. The molecule has 0 aliphatic rings. The maximum absolute atomic E-state index is 11.3. The van der Waals surface area contributed by atoms with E-state index < -0.39 is 0 Å². The van der Waals surface area contributed by atoms with Gasteiger partial charge in [0, 0.05) is 11.6 Å². The summed E-state index contributed by atoms with van der Waals surface area (Å²) in [4.78, 5) is 17.2. The van der Waals surface area contributed by atoms with Crippen LogP contribution in [0.3, 0.4) is 0 Å². The van der Waals surface area contributed by atoms with Gasteiger partial charge in [-0.15, -0.1) is 0 Å². The predicted octanol–water partition coefficient (Wildman–Crippen LogP) is 0.399. The van der Waals surface area contributed by atoms with Crippen LogP contribution in [-0.4, -0.2) is 23.2 Å². The van der Waals surface area contributed by atoms with Crippen LogP contribution >= 0.6 is 0 Å². The molecule has 1 heterocycles. The summed E-state index contributed by atoms with van der Waals surface area (Å²) in [5.74, 6) is 0.431. The second-order valence-electron chi connectivity index (χ2n) is 2.69. The van der Waals surface area contributed by atoms with E-state index >= 15 is 0 Å². The molecule has 0 amide bonds. The molecule has 0 aliphatic carbocycles. The molecule has 0 saturated heterocycles. The first-order valence-electron chi connectivity index (χ1n) is 4.56. The quantitative estimate of drug-likeness (QED) is 0.702. The van der Waals surface area contributed by atoms with E-state index in [4.69, 9.17) is 9.57 Å². The number of rotatable bonds is 4. The number of hydrogen-bond donors (Lipinski definition) is 0. The van der Waals surface area contributed by atoms with Crippen LogP contribution in [-0.2, 0) is 0 Å². The number of ether oxygens (including phenoxy) is 1. The van der Waals surface area contributed by atoms with Crippen molar-refractivity contribution in [2.24, 2.45) is 0 Å². The Morgan fingerprint density at radius 3 is 2.71 bits per heavy atom. The third-order valence-corrected chi connectivity index (χ3v) is 1.58. The van der Waals surface area contributed by atoms with Gasteiger partial charge in [-0.25, -0.2) is 0 Å². The molecule has 5 nitrogen and oxygen atoms in total. The summed E-state index contributed by atoms with van der Waals surface area (Å²) < 4.78 is 5.23. The fourth-order valence-electron chi connectivity index (χ4n) is 1.01. The third kappa shape index (κ3) is 2.25. The summed E-state index contributed by atoms with van der Waals surface area (Å²) in [6.45, 7) is 6.32. The lowest BCUT2D eigenvalue weighted by atomic mass is 10.3. The highest BCUT2D eigenvalue weighted by atomic mass is 16.7. The molecule has 1 aromatic heterocycles. The van der Waals surface area contributed by atoms with Gasteiger partial charge >= 0.3 is 5.56 Å². The minimum absolute atomic E-state index is 0.284. The summed E-state index contributed by atoms with van der Waals surface area (Å²) in [5.41, 5.74) is 0.431. The standard InChI is InChI=1S/C9H14N2O3/c1-4-13-9-7(3)6-8(12)11(10-9)14-5-2/h6H,4-5H2,1-3H3. The summed E-state index contributed by atoms with van der Waals surface area (Å²) >= 11 is 0. The highest BCUT2D eigenvalue weighted by Gasteiger charge is 2.05. The first kappa shape index (κ1) is 10.6. The van der Waals surface area contributed by atoms with Crippen molar-refractivity contribution in [3.8, 4) is 5.88 Å². The number of nitrogens with zero attached hydrogens (tertiary/aromatic N) is 2. The van der Waals surface area contributed by atoms with E-state index in [2.05, 4.69) is 5.10 Å². The average Bonchev–Trinajstić information content (AvgIpc) is 2.14. The molecule has 0 spiro atoms. The van der Waals surface area contributed by atoms with Crippen LogP contribution in [0.15, 0.2) is 10.9 Å². The van der Waals surface area contributed by atoms with Gasteiger partial charge in [-0.05, 0) is 20.8 Å². The van der Waals surface area contributed by atoms with Crippen molar-refractivity contribution in [1.82, 2.24) is 9.94 Å². The van der Waals surface area contributed by atoms with Crippen LogP contribution in [0.4, 0.5) is 0 Å². The van der Waals surface area contributed by atoms with E-state index in [1.165, 1.54) is 6.07 Å². The normalized spacial score (nSPS) is 9.93. The molecule has 78 valence electrons. The van der Waals surface area contributed by atoms with Crippen LogP contribution < -0.4 is 15.1 Å².